The van der Waals surface area contributed by atoms with Crippen molar-refractivity contribution in [3.63, 3.8) is 0 Å². The molecular weight excluding hydrogens is 538 g/mol. The topological polar surface area (TPSA) is 139 Å². The summed E-state index contributed by atoms with van der Waals surface area (Å²) < 4.78 is 35.0. The molecule has 2 aromatic heterocycles. The molecule has 12 heteroatoms. The Morgan fingerprint density at radius 2 is 1.91 bits per heavy atom. The second-order valence-corrected chi connectivity index (χ2v) is 11.4. The summed E-state index contributed by atoms with van der Waals surface area (Å²) >= 11 is 3.35. The van der Waals surface area contributed by atoms with E-state index >= 15 is 0 Å². The number of ether oxygens (including phenoxy) is 1. The number of pyridine rings is 1. The number of halogens is 1. The number of morpholine rings is 1. The van der Waals surface area contributed by atoms with Crippen LogP contribution in [-0.4, -0.2) is 78.3 Å². The molecule has 1 aromatic carbocycles. The third-order valence-electron chi connectivity index (χ3n) is 6.54. The number of aromatic amines is 1. The van der Waals surface area contributed by atoms with Crippen molar-refractivity contribution in [2.45, 2.75) is 23.3 Å². The quantitative estimate of drug-likeness (QED) is 0.487. The molecule has 0 radical (unpaired) electrons. The fraction of sp³-hybridized carbons (Fsp3) is 0.348. The molecule has 3 aromatic rings. The number of carbonyl (C=O) groups is 2. The summed E-state index contributed by atoms with van der Waals surface area (Å²) in [7, 11) is -4.16. The number of nitrogens with two attached hydrogens (primary N) is 1. The standard InChI is InChI=1S/C23H24BrN5O5S/c24-16-1-2-18-17(11-16)21(20(27-18)22(25)30)35(32,33)29-9-10-34-19(13-29)23(31)28-8-5-15(12-28)14-3-6-26-7-4-14/h1-4,6-7,11,15,19,27H,5,8-10,12-13H2,(H2,25,30). The molecule has 2 aliphatic rings. The first-order chi connectivity index (χ1) is 16.8. The third-order valence-corrected chi connectivity index (χ3v) is 8.98. The van der Waals surface area contributed by atoms with Crippen LogP contribution in [0.5, 0.6) is 0 Å². The highest BCUT2D eigenvalue weighted by atomic mass is 79.9. The number of primary amides is 1. The van der Waals surface area contributed by atoms with Crippen LogP contribution in [-0.2, 0) is 19.6 Å². The predicted molar refractivity (Wildman–Crippen MR) is 131 cm³/mol. The number of rotatable bonds is 5. The fourth-order valence-electron chi connectivity index (χ4n) is 4.78. The minimum atomic E-state index is -4.16. The molecule has 10 nitrogen and oxygen atoms in total. The maximum absolute atomic E-state index is 13.7. The smallest absolute Gasteiger partial charge is 0.266 e. The predicted octanol–water partition coefficient (Wildman–Crippen LogP) is 1.83. The summed E-state index contributed by atoms with van der Waals surface area (Å²) in [6, 6.07) is 8.92. The van der Waals surface area contributed by atoms with E-state index in [1.807, 2.05) is 12.1 Å². The molecule has 2 atom stereocenters. The number of hydrogen-bond donors (Lipinski definition) is 2. The highest BCUT2D eigenvalue weighted by Crippen LogP contribution is 2.33. The Bertz CT molecular complexity index is 1390. The highest BCUT2D eigenvalue weighted by molar-refractivity contribution is 9.10. The molecule has 2 aliphatic heterocycles. The number of benzene rings is 1. The van der Waals surface area contributed by atoms with Crippen LogP contribution in [0.4, 0.5) is 0 Å². The summed E-state index contributed by atoms with van der Waals surface area (Å²) in [5, 5.41) is 0.349. The largest absolute Gasteiger partial charge is 0.366 e. The van der Waals surface area contributed by atoms with Crippen molar-refractivity contribution in [2.24, 2.45) is 5.73 Å². The van der Waals surface area contributed by atoms with E-state index in [9.17, 15) is 18.0 Å². The van der Waals surface area contributed by atoms with E-state index in [0.29, 0.717) is 28.5 Å². The molecule has 184 valence electrons. The second kappa shape index (κ2) is 9.34. The van der Waals surface area contributed by atoms with Gasteiger partial charge in [-0.25, -0.2) is 8.42 Å². The molecule has 0 aliphatic carbocycles. The van der Waals surface area contributed by atoms with Crippen molar-refractivity contribution in [3.05, 3.63) is 58.5 Å². The number of hydrogen-bond acceptors (Lipinski definition) is 6. The number of H-pyrrole nitrogens is 1. The normalized spacial score (nSPS) is 21.5. The minimum absolute atomic E-state index is 0.0602. The number of nitrogens with zero attached hydrogens (tertiary/aromatic N) is 3. The SMILES string of the molecule is NC(=O)c1[nH]c2ccc(Br)cc2c1S(=O)(=O)N1CCOC(C(=O)N2CCC(c3ccncc3)C2)C1. The Morgan fingerprint density at radius 3 is 2.66 bits per heavy atom. The molecule has 0 saturated carbocycles. The number of sulfonamides is 1. The van der Waals surface area contributed by atoms with Gasteiger partial charge >= 0.3 is 0 Å². The maximum atomic E-state index is 13.7. The summed E-state index contributed by atoms with van der Waals surface area (Å²) in [6.45, 7) is 1.09. The Hall–Kier alpha value is -2.80. The molecule has 5 rings (SSSR count). The molecule has 2 fully saturated rings. The van der Waals surface area contributed by atoms with Gasteiger partial charge in [-0.3, -0.25) is 14.6 Å². The molecule has 2 unspecified atom stereocenters. The van der Waals surface area contributed by atoms with Gasteiger partial charge in [0.2, 0.25) is 10.0 Å². The molecule has 0 spiro atoms. The number of amides is 2. The van der Waals surface area contributed by atoms with Crippen molar-refractivity contribution >= 4 is 48.7 Å². The number of fused-ring (bicyclic) bond motifs is 1. The lowest BCUT2D eigenvalue weighted by atomic mass is 10.00. The van der Waals surface area contributed by atoms with Crippen LogP contribution in [0.25, 0.3) is 10.9 Å². The van der Waals surface area contributed by atoms with E-state index < -0.39 is 22.0 Å². The first-order valence-electron chi connectivity index (χ1n) is 11.2. The van der Waals surface area contributed by atoms with Crippen molar-refractivity contribution in [1.29, 1.82) is 0 Å². The van der Waals surface area contributed by atoms with E-state index in [1.54, 1.807) is 35.5 Å². The summed E-state index contributed by atoms with van der Waals surface area (Å²) in [6.07, 6.45) is 3.35. The lowest BCUT2D eigenvalue weighted by molar-refractivity contribution is -0.146. The van der Waals surface area contributed by atoms with Crippen LogP contribution in [0.1, 0.15) is 28.4 Å². The minimum Gasteiger partial charge on any atom is -0.366 e. The number of carbonyl (C=O) groups excluding carboxylic acids is 2. The first-order valence-corrected chi connectivity index (χ1v) is 13.4. The van der Waals surface area contributed by atoms with Crippen LogP contribution in [0, 0.1) is 0 Å². The molecular formula is C23H24BrN5O5S. The summed E-state index contributed by atoms with van der Waals surface area (Å²) in [4.78, 5) is 33.8. The molecule has 35 heavy (non-hydrogen) atoms. The fourth-order valence-corrected chi connectivity index (χ4v) is 6.90. The average molecular weight is 562 g/mol. The Labute approximate surface area is 210 Å². The molecule has 4 heterocycles. The zero-order valence-corrected chi connectivity index (χ0v) is 21.1. The zero-order chi connectivity index (χ0) is 24.7. The third kappa shape index (κ3) is 4.46. The second-order valence-electron chi connectivity index (χ2n) is 8.66. The average Bonchev–Trinajstić information content (AvgIpc) is 3.50. The van der Waals surface area contributed by atoms with E-state index in [-0.39, 0.29) is 42.1 Å². The zero-order valence-electron chi connectivity index (χ0n) is 18.7. The van der Waals surface area contributed by atoms with Gasteiger partial charge in [0.25, 0.3) is 11.8 Å². The van der Waals surface area contributed by atoms with Gasteiger partial charge in [-0.15, -0.1) is 0 Å². The van der Waals surface area contributed by atoms with Gasteiger partial charge in [0.05, 0.1) is 6.61 Å². The summed E-state index contributed by atoms with van der Waals surface area (Å²) in [5.74, 6) is -0.914. The van der Waals surface area contributed by atoms with Gasteiger partial charge in [-0.1, -0.05) is 15.9 Å². The van der Waals surface area contributed by atoms with Crippen molar-refractivity contribution in [3.8, 4) is 0 Å². The van der Waals surface area contributed by atoms with Gasteiger partial charge in [0.1, 0.15) is 16.7 Å². The summed E-state index contributed by atoms with van der Waals surface area (Å²) in [5.41, 5.74) is 6.91. The van der Waals surface area contributed by atoms with Crippen LogP contribution in [0.15, 0.2) is 52.1 Å². The first kappa shape index (κ1) is 23.9. The lowest BCUT2D eigenvalue weighted by Crippen LogP contribution is -2.52. The number of likely N-dealkylation sites (tertiary alicyclic amines) is 1. The Balaban J connectivity index is 1.38. The number of aromatic nitrogens is 2. The lowest BCUT2D eigenvalue weighted by Gasteiger charge is -2.33. The molecule has 2 amide bonds. The van der Waals surface area contributed by atoms with Crippen LogP contribution < -0.4 is 5.73 Å². The van der Waals surface area contributed by atoms with E-state index in [1.165, 1.54) is 4.31 Å². The van der Waals surface area contributed by atoms with Crippen LogP contribution in [0.2, 0.25) is 0 Å². The highest BCUT2D eigenvalue weighted by Gasteiger charge is 2.40. The number of nitrogens with one attached hydrogen (secondary N) is 1. The van der Waals surface area contributed by atoms with Crippen molar-refractivity contribution in [1.82, 2.24) is 19.2 Å². The van der Waals surface area contributed by atoms with Crippen molar-refractivity contribution < 1.29 is 22.7 Å². The van der Waals surface area contributed by atoms with Gasteiger partial charge in [0.15, 0.2) is 0 Å². The van der Waals surface area contributed by atoms with Gasteiger partial charge in [0, 0.05) is 59.9 Å². The van der Waals surface area contributed by atoms with Crippen LogP contribution >= 0.6 is 15.9 Å². The van der Waals surface area contributed by atoms with E-state index in [4.69, 9.17) is 10.5 Å². The Kier molecular flexibility index (Phi) is 6.38. The van der Waals surface area contributed by atoms with E-state index in [0.717, 1.165) is 12.0 Å². The van der Waals surface area contributed by atoms with Gasteiger partial charge in [-0.05, 0) is 42.3 Å². The van der Waals surface area contributed by atoms with E-state index in [2.05, 4.69) is 25.9 Å². The molecule has 3 N–H and O–H groups in total. The molecule has 0 bridgehead atoms. The monoisotopic (exact) mass is 561 g/mol. The maximum Gasteiger partial charge on any atom is 0.266 e. The molecule has 2 saturated heterocycles. The van der Waals surface area contributed by atoms with Gasteiger partial charge in [-0.2, -0.15) is 4.31 Å². The Morgan fingerprint density at radius 1 is 1.14 bits per heavy atom. The van der Waals surface area contributed by atoms with Crippen molar-refractivity contribution in [2.75, 3.05) is 32.8 Å². The van der Waals surface area contributed by atoms with Crippen LogP contribution in [0.3, 0.4) is 0 Å². The van der Waals surface area contributed by atoms with Gasteiger partial charge < -0.3 is 20.4 Å².